The molecule has 2 N–H and O–H groups in total. The van der Waals surface area contributed by atoms with Gasteiger partial charge in [0.2, 0.25) is 0 Å². The van der Waals surface area contributed by atoms with Crippen molar-refractivity contribution < 1.29 is 4.39 Å². The van der Waals surface area contributed by atoms with Crippen molar-refractivity contribution in [1.29, 1.82) is 0 Å². The van der Waals surface area contributed by atoms with Gasteiger partial charge in [0.15, 0.2) is 0 Å². The van der Waals surface area contributed by atoms with Crippen LogP contribution < -0.4 is 5.73 Å². The minimum Gasteiger partial charge on any atom is -0.320 e. The highest BCUT2D eigenvalue weighted by atomic mass is 19.1. The lowest BCUT2D eigenvalue weighted by Gasteiger charge is -2.09. The van der Waals surface area contributed by atoms with E-state index in [-0.39, 0.29) is 11.9 Å². The molecule has 0 heterocycles. The fourth-order valence-electron chi connectivity index (χ4n) is 2.64. The van der Waals surface area contributed by atoms with Crippen LogP contribution in [-0.2, 0) is 0 Å². The lowest BCUT2D eigenvalue weighted by molar-refractivity contribution is 0.624. The largest absolute Gasteiger partial charge is 0.320 e. The normalized spacial score (nSPS) is 16.8. The number of nitrogens with two attached hydrogens (primary N) is 1. The summed E-state index contributed by atoms with van der Waals surface area (Å²) >= 11 is 0. The summed E-state index contributed by atoms with van der Waals surface area (Å²) in [6.07, 6.45) is 0. The van der Waals surface area contributed by atoms with Crippen LogP contribution in [0.2, 0.25) is 0 Å². The zero-order valence-corrected chi connectivity index (χ0v) is 9.92. The lowest BCUT2D eigenvalue weighted by Crippen LogP contribution is -2.08. The Bertz CT molecular complexity index is 617. The number of hydrogen-bond acceptors (Lipinski definition) is 1. The Labute approximate surface area is 100 Å². The number of halogens is 1. The van der Waals surface area contributed by atoms with Crippen LogP contribution in [0.3, 0.4) is 0 Å². The van der Waals surface area contributed by atoms with Crippen LogP contribution in [0.5, 0.6) is 0 Å². The van der Waals surface area contributed by atoms with Crippen molar-refractivity contribution in [1.82, 2.24) is 0 Å². The molecule has 1 aliphatic carbocycles. The van der Waals surface area contributed by atoms with Gasteiger partial charge < -0.3 is 5.73 Å². The second kappa shape index (κ2) is 3.41. The van der Waals surface area contributed by atoms with Crippen LogP contribution in [0.4, 0.5) is 4.39 Å². The van der Waals surface area contributed by atoms with E-state index < -0.39 is 0 Å². The molecule has 0 bridgehead atoms. The van der Waals surface area contributed by atoms with E-state index >= 15 is 0 Å². The zero-order valence-electron chi connectivity index (χ0n) is 9.92. The summed E-state index contributed by atoms with van der Waals surface area (Å²) in [5, 5.41) is 0. The Balaban J connectivity index is 2.37. The Morgan fingerprint density at radius 3 is 2.59 bits per heavy atom. The first-order chi connectivity index (χ1) is 8.09. The van der Waals surface area contributed by atoms with E-state index in [0.717, 1.165) is 16.7 Å². The van der Waals surface area contributed by atoms with E-state index in [1.807, 2.05) is 6.07 Å². The first-order valence-electron chi connectivity index (χ1n) is 5.75. The number of benzene rings is 2. The molecule has 3 rings (SSSR count). The van der Waals surface area contributed by atoms with Crippen LogP contribution in [-0.4, -0.2) is 0 Å². The minimum absolute atomic E-state index is 0.199. The van der Waals surface area contributed by atoms with E-state index in [2.05, 4.69) is 26.0 Å². The van der Waals surface area contributed by atoms with Crippen molar-refractivity contribution in [2.45, 2.75) is 19.9 Å². The van der Waals surface area contributed by atoms with Gasteiger partial charge in [-0.05, 0) is 59.4 Å². The van der Waals surface area contributed by atoms with Gasteiger partial charge in [-0.15, -0.1) is 0 Å². The van der Waals surface area contributed by atoms with Gasteiger partial charge in [0.05, 0.1) is 6.04 Å². The van der Waals surface area contributed by atoms with Crippen molar-refractivity contribution in [3.8, 4) is 11.1 Å². The van der Waals surface area contributed by atoms with Gasteiger partial charge in [0, 0.05) is 0 Å². The van der Waals surface area contributed by atoms with Crippen molar-refractivity contribution in [3.05, 3.63) is 58.4 Å². The SMILES string of the molecule is Cc1ccc2c(c1C)-c1ccc(F)cc1C2N. The molecular formula is C15H14FN. The third-order valence-corrected chi connectivity index (χ3v) is 3.72. The number of rotatable bonds is 0. The summed E-state index contributed by atoms with van der Waals surface area (Å²) in [6.45, 7) is 4.18. The summed E-state index contributed by atoms with van der Waals surface area (Å²) in [7, 11) is 0. The number of hydrogen-bond donors (Lipinski definition) is 1. The summed E-state index contributed by atoms with van der Waals surface area (Å²) in [4.78, 5) is 0. The maximum Gasteiger partial charge on any atom is 0.123 e. The first kappa shape index (κ1) is 10.5. The summed E-state index contributed by atoms with van der Waals surface area (Å²) < 4.78 is 13.3. The van der Waals surface area contributed by atoms with Crippen molar-refractivity contribution >= 4 is 0 Å². The maximum atomic E-state index is 13.3. The molecule has 2 aromatic carbocycles. The Kier molecular flexibility index (Phi) is 2.10. The molecule has 0 spiro atoms. The molecule has 0 saturated heterocycles. The number of aryl methyl sites for hydroxylation is 1. The van der Waals surface area contributed by atoms with E-state index in [9.17, 15) is 4.39 Å². The van der Waals surface area contributed by atoms with Gasteiger partial charge in [-0.1, -0.05) is 18.2 Å². The maximum absolute atomic E-state index is 13.3. The van der Waals surface area contributed by atoms with E-state index in [0.29, 0.717) is 0 Å². The quantitative estimate of drug-likeness (QED) is 0.732. The Morgan fingerprint density at radius 1 is 1.06 bits per heavy atom. The van der Waals surface area contributed by atoms with Crippen LogP contribution in [0.25, 0.3) is 11.1 Å². The summed E-state index contributed by atoms with van der Waals surface area (Å²) in [6, 6.07) is 8.83. The van der Waals surface area contributed by atoms with Crippen molar-refractivity contribution in [3.63, 3.8) is 0 Å². The van der Waals surface area contributed by atoms with Gasteiger partial charge in [0.1, 0.15) is 5.82 Å². The van der Waals surface area contributed by atoms with Gasteiger partial charge >= 0.3 is 0 Å². The van der Waals surface area contributed by atoms with Gasteiger partial charge in [-0.2, -0.15) is 0 Å². The second-order valence-electron chi connectivity index (χ2n) is 4.68. The molecule has 1 unspecified atom stereocenters. The predicted octanol–water partition coefficient (Wildman–Crippen LogP) is 3.47. The van der Waals surface area contributed by atoms with E-state index in [1.54, 1.807) is 6.07 Å². The highest BCUT2D eigenvalue weighted by molar-refractivity contribution is 5.81. The summed E-state index contributed by atoms with van der Waals surface area (Å²) in [5.41, 5.74) is 12.9. The molecule has 1 nitrogen and oxygen atoms in total. The number of fused-ring (bicyclic) bond motifs is 3. The van der Waals surface area contributed by atoms with Crippen LogP contribution in [0.15, 0.2) is 30.3 Å². The van der Waals surface area contributed by atoms with Crippen LogP contribution in [0.1, 0.15) is 28.3 Å². The molecule has 1 atom stereocenters. The highest BCUT2D eigenvalue weighted by Crippen LogP contribution is 2.44. The molecule has 0 amide bonds. The molecular weight excluding hydrogens is 213 g/mol. The van der Waals surface area contributed by atoms with Crippen molar-refractivity contribution in [2.75, 3.05) is 0 Å². The Morgan fingerprint density at radius 2 is 1.82 bits per heavy atom. The molecule has 0 aromatic heterocycles. The molecule has 0 aliphatic heterocycles. The van der Waals surface area contributed by atoms with Crippen LogP contribution >= 0.6 is 0 Å². The third kappa shape index (κ3) is 1.34. The standard InChI is InChI=1S/C15H14FN/c1-8-3-5-12-14(9(8)2)11-6-4-10(16)7-13(11)15(12)17/h3-7,15H,17H2,1-2H3. The average Bonchev–Trinajstić information content (AvgIpc) is 2.58. The minimum atomic E-state index is -0.221. The topological polar surface area (TPSA) is 26.0 Å². The molecule has 2 aromatic rings. The van der Waals surface area contributed by atoms with Gasteiger partial charge in [-0.3, -0.25) is 0 Å². The van der Waals surface area contributed by atoms with Gasteiger partial charge in [-0.25, -0.2) is 4.39 Å². The predicted molar refractivity (Wildman–Crippen MR) is 67.3 cm³/mol. The van der Waals surface area contributed by atoms with E-state index in [4.69, 9.17) is 5.73 Å². The second-order valence-corrected chi connectivity index (χ2v) is 4.68. The Hall–Kier alpha value is -1.67. The van der Waals surface area contributed by atoms with Crippen molar-refractivity contribution in [2.24, 2.45) is 5.73 Å². The molecule has 0 radical (unpaired) electrons. The van der Waals surface area contributed by atoms with E-state index in [1.165, 1.54) is 22.8 Å². The summed E-state index contributed by atoms with van der Waals surface area (Å²) in [5.74, 6) is -0.221. The smallest absolute Gasteiger partial charge is 0.123 e. The lowest BCUT2D eigenvalue weighted by atomic mass is 9.96. The molecule has 86 valence electrons. The highest BCUT2D eigenvalue weighted by Gasteiger charge is 2.27. The van der Waals surface area contributed by atoms with Gasteiger partial charge in [0.25, 0.3) is 0 Å². The molecule has 0 fully saturated rings. The monoisotopic (exact) mass is 227 g/mol. The average molecular weight is 227 g/mol. The molecule has 17 heavy (non-hydrogen) atoms. The zero-order chi connectivity index (χ0) is 12.2. The van der Waals surface area contributed by atoms with Crippen LogP contribution in [0, 0.1) is 19.7 Å². The first-order valence-corrected chi connectivity index (χ1v) is 5.75. The third-order valence-electron chi connectivity index (χ3n) is 3.72. The molecule has 2 heteroatoms. The fourth-order valence-corrected chi connectivity index (χ4v) is 2.64. The molecule has 0 saturated carbocycles. The fraction of sp³-hybridized carbons (Fsp3) is 0.200. The molecule has 1 aliphatic rings.